The van der Waals surface area contributed by atoms with Crippen LogP contribution in [-0.4, -0.2) is 50.8 Å². The number of nitrogens with zero attached hydrogens (tertiary/aromatic N) is 1. The number of hydrogen-bond acceptors (Lipinski definition) is 7. The number of imide groups is 1. The summed E-state index contributed by atoms with van der Waals surface area (Å²) < 4.78 is 31.3. The number of nitrogens with one attached hydrogen (secondary N) is 2. The number of benzene rings is 1. The third kappa shape index (κ3) is 6.40. The Kier molecular flexibility index (Phi) is 9.15. The lowest BCUT2D eigenvalue weighted by molar-refractivity contribution is 0.0925. The van der Waals surface area contributed by atoms with Gasteiger partial charge in [0, 0.05) is 24.0 Å². The molecule has 0 atom stereocenters. The maximum atomic E-state index is 12.8. The molecular formula is C22H29N3O6S2. The number of ether oxygens (including phenoxy) is 1. The summed E-state index contributed by atoms with van der Waals surface area (Å²) in [6, 6.07) is 5.60. The molecule has 1 aromatic heterocycles. The first kappa shape index (κ1) is 26.5. The fourth-order valence-corrected chi connectivity index (χ4v) is 5.21. The maximum absolute atomic E-state index is 12.8. The van der Waals surface area contributed by atoms with Crippen LogP contribution in [0, 0.1) is 13.8 Å². The Morgan fingerprint density at radius 1 is 1.06 bits per heavy atom. The number of sulfonamides is 1. The highest BCUT2D eigenvalue weighted by atomic mass is 32.2. The van der Waals surface area contributed by atoms with Crippen molar-refractivity contribution in [3.8, 4) is 0 Å². The van der Waals surface area contributed by atoms with Crippen LogP contribution < -0.4 is 10.6 Å². The summed E-state index contributed by atoms with van der Waals surface area (Å²) in [7, 11) is -2.12. The first-order valence-electron chi connectivity index (χ1n) is 10.5. The fraction of sp³-hybridized carbons (Fsp3) is 0.409. The molecule has 0 saturated heterocycles. The minimum Gasteiger partial charge on any atom is -0.450 e. The number of amides is 3. The van der Waals surface area contributed by atoms with E-state index < -0.39 is 27.9 Å². The standard InChI is InChI=1S/C22H29N3O6S2/c1-6-8-13-25(5)33(29,30)17-11-9-16(10-12-17)19(26)23-21-18(14(3)15(4)32-21)20(27)24-22(28)31-7-2/h9-12H,6-8,13H2,1-5H3,(H,23,26)(H,24,27,28). The predicted octanol–water partition coefficient (Wildman–Crippen LogP) is 3.92. The second-order valence-electron chi connectivity index (χ2n) is 7.32. The summed E-state index contributed by atoms with van der Waals surface area (Å²) in [6.07, 6.45) is 0.756. The molecule has 180 valence electrons. The Labute approximate surface area is 198 Å². The summed E-state index contributed by atoms with van der Waals surface area (Å²) >= 11 is 1.20. The van der Waals surface area contributed by atoms with Crippen molar-refractivity contribution in [3.05, 3.63) is 45.8 Å². The van der Waals surface area contributed by atoms with E-state index in [1.165, 1.54) is 47.0 Å². The van der Waals surface area contributed by atoms with Crippen LogP contribution in [0.4, 0.5) is 9.80 Å². The van der Waals surface area contributed by atoms with Gasteiger partial charge in [0.1, 0.15) is 5.00 Å². The summed E-state index contributed by atoms with van der Waals surface area (Å²) in [5.41, 5.74) is 1.04. The van der Waals surface area contributed by atoms with Gasteiger partial charge in [-0.3, -0.25) is 14.9 Å². The quantitative estimate of drug-likeness (QED) is 0.544. The molecule has 2 N–H and O–H groups in total. The molecule has 0 aliphatic heterocycles. The van der Waals surface area contributed by atoms with E-state index in [9.17, 15) is 22.8 Å². The smallest absolute Gasteiger partial charge is 0.414 e. The van der Waals surface area contributed by atoms with Crippen molar-refractivity contribution in [3.63, 3.8) is 0 Å². The Morgan fingerprint density at radius 2 is 1.70 bits per heavy atom. The van der Waals surface area contributed by atoms with Crippen LogP contribution in [-0.2, 0) is 14.8 Å². The molecule has 0 saturated carbocycles. The summed E-state index contributed by atoms with van der Waals surface area (Å²) in [5.74, 6) is -1.19. The first-order chi connectivity index (χ1) is 15.5. The third-order valence-corrected chi connectivity index (χ3v) is 7.98. The monoisotopic (exact) mass is 495 g/mol. The van der Waals surface area contributed by atoms with Gasteiger partial charge < -0.3 is 10.1 Å². The van der Waals surface area contributed by atoms with E-state index >= 15 is 0 Å². The van der Waals surface area contributed by atoms with E-state index in [1.54, 1.807) is 20.8 Å². The highest BCUT2D eigenvalue weighted by Gasteiger charge is 2.24. The summed E-state index contributed by atoms with van der Waals surface area (Å²) in [6.45, 7) is 7.65. The average molecular weight is 496 g/mol. The number of hydrogen-bond donors (Lipinski definition) is 2. The van der Waals surface area contributed by atoms with Gasteiger partial charge in [0.2, 0.25) is 10.0 Å². The van der Waals surface area contributed by atoms with Gasteiger partial charge in [-0.2, -0.15) is 0 Å². The van der Waals surface area contributed by atoms with Crippen molar-refractivity contribution < 1.29 is 27.5 Å². The molecule has 2 aromatic rings. The Morgan fingerprint density at radius 3 is 2.27 bits per heavy atom. The van der Waals surface area contributed by atoms with Crippen molar-refractivity contribution in [2.24, 2.45) is 0 Å². The molecule has 1 heterocycles. The molecule has 2 rings (SSSR count). The highest BCUT2D eigenvalue weighted by Crippen LogP contribution is 2.33. The second-order valence-corrected chi connectivity index (χ2v) is 10.6. The van der Waals surface area contributed by atoms with Crippen molar-refractivity contribution in [2.75, 3.05) is 25.5 Å². The number of rotatable bonds is 9. The molecule has 0 unspecified atom stereocenters. The molecule has 0 fully saturated rings. The van der Waals surface area contributed by atoms with Gasteiger partial charge in [0.15, 0.2) is 0 Å². The maximum Gasteiger partial charge on any atom is 0.414 e. The SMILES string of the molecule is CCCCN(C)S(=O)(=O)c1ccc(C(=O)Nc2sc(C)c(C)c2C(=O)NC(=O)OCC)cc1. The molecular weight excluding hydrogens is 466 g/mol. The highest BCUT2D eigenvalue weighted by molar-refractivity contribution is 7.89. The first-order valence-corrected chi connectivity index (χ1v) is 12.7. The lowest BCUT2D eigenvalue weighted by atomic mass is 10.1. The molecule has 0 spiro atoms. The molecule has 0 radical (unpaired) electrons. The number of unbranched alkanes of at least 4 members (excludes halogenated alkanes) is 1. The molecule has 0 aliphatic rings. The van der Waals surface area contributed by atoms with E-state index in [4.69, 9.17) is 4.74 Å². The lowest BCUT2D eigenvalue weighted by Gasteiger charge is -2.17. The zero-order valence-corrected chi connectivity index (χ0v) is 21.0. The second kappa shape index (κ2) is 11.4. The Bertz CT molecular complexity index is 1120. The van der Waals surface area contributed by atoms with Crippen LogP contribution in [0.1, 0.15) is 57.8 Å². The van der Waals surface area contributed by atoms with E-state index in [2.05, 4.69) is 10.6 Å². The van der Waals surface area contributed by atoms with E-state index in [-0.39, 0.29) is 27.6 Å². The number of carbonyl (C=O) groups is 3. The van der Waals surface area contributed by atoms with Crippen molar-refractivity contribution in [1.29, 1.82) is 0 Å². The van der Waals surface area contributed by atoms with Crippen molar-refractivity contribution >= 4 is 44.3 Å². The minimum absolute atomic E-state index is 0.0926. The van der Waals surface area contributed by atoms with Gasteiger partial charge in [-0.1, -0.05) is 13.3 Å². The largest absolute Gasteiger partial charge is 0.450 e. The van der Waals surface area contributed by atoms with Gasteiger partial charge in [-0.05, 0) is 57.0 Å². The molecule has 0 bridgehead atoms. The average Bonchev–Trinajstić information content (AvgIpc) is 3.04. The number of anilines is 1. The van der Waals surface area contributed by atoms with Gasteiger partial charge in [-0.15, -0.1) is 11.3 Å². The molecule has 9 nitrogen and oxygen atoms in total. The van der Waals surface area contributed by atoms with Gasteiger partial charge >= 0.3 is 6.09 Å². The van der Waals surface area contributed by atoms with Gasteiger partial charge in [-0.25, -0.2) is 17.5 Å². The van der Waals surface area contributed by atoms with Crippen molar-refractivity contribution in [2.45, 2.75) is 45.4 Å². The number of thiophene rings is 1. The molecule has 1 aromatic carbocycles. The Balaban J connectivity index is 2.21. The van der Waals surface area contributed by atoms with Crippen LogP contribution in [0.15, 0.2) is 29.2 Å². The van der Waals surface area contributed by atoms with Crippen molar-refractivity contribution in [1.82, 2.24) is 9.62 Å². The number of aryl methyl sites for hydroxylation is 1. The number of alkyl carbamates (subject to hydrolysis) is 1. The van der Waals surface area contributed by atoms with Crippen LogP contribution in [0.2, 0.25) is 0 Å². The van der Waals surface area contributed by atoms with Crippen LogP contribution in [0.5, 0.6) is 0 Å². The summed E-state index contributed by atoms with van der Waals surface area (Å²) in [5, 5.41) is 5.11. The molecule has 0 aliphatic carbocycles. The zero-order valence-electron chi connectivity index (χ0n) is 19.4. The van der Waals surface area contributed by atoms with Gasteiger partial charge in [0.25, 0.3) is 11.8 Å². The Hall–Kier alpha value is -2.76. The topological polar surface area (TPSA) is 122 Å². The molecule has 3 amide bonds. The zero-order chi connectivity index (χ0) is 24.8. The molecule has 33 heavy (non-hydrogen) atoms. The lowest BCUT2D eigenvalue weighted by Crippen LogP contribution is -2.32. The van der Waals surface area contributed by atoms with E-state index in [0.29, 0.717) is 12.1 Å². The normalized spacial score (nSPS) is 11.3. The van der Waals surface area contributed by atoms with Crippen LogP contribution in [0.3, 0.4) is 0 Å². The van der Waals surface area contributed by atoms with Gasteiger partial charge in [0.05, 0.1) is 17.1 Å². The number of carbonyl (C=O) groups excluding carboxylic acids is 3. The fourth-order valence-electron chi connectivity index (χ4n) is 2.95. The molecule has 11 heteroatoms. The predicted molar refractivity (Wildman–Crippen MR) is 127 cm³/mol. The van der Waals surface area contributed by atoms with Crippen LogP contribution >= 0.6 is 11.3 Å². The van der Waals surface area contributed by atoms with Crippen LogP contribution in [0.25, 0.3) is 0 Å². The van der Waals surface area contributed by atoms with E-state index in [0.717, 1.165) is 17.7 Å². The third-order valence-electron chi connectivity index (χ3n) is 4.98. The minimum atomic E-state index is -3.64. The van der Waals surface area contributed by atoms with E-state index in [1.807, 2.05) is 6.92 Å². The summed E-state index contributed by atoms with van der Waals surface area (Å²) in [4.78, 5) is 37.9.